The molecule has 0 bridgehead atoms. The van der Waals surface area contributed by atoms with Crippen LogP contribution in [0, 0.1) is 0 Å². The molecule has 2 aromatic rings. The van der Waals surface area contributed by atoms with Crippen molar-refractivity contribution in [3.8, 4) is 0 Å². The summed E-state index contributed by atoms with van der Waals surface area (Å²) in [5.41, 5.74) is 2.20. The molecule has 2 rings (SSSR count). The third-order valence-corrected chi connectivity index (χ3v) is 3.45. The number of benzene rings is 2. The molecule has 0 aliphatic carbocycles. The van der Waals surface area contributed by atoms with E-state index in [1.165, 1.54) is 7.11 Å². The topological polar surface area (TPSA) is 52.6 Å². The number of carbonyl (C=O) groups is 2. The maximum atomic E-state index is 11.8. The second-order valence-electron chi connectivity index (χ2n) is 5.15. The Bertz CT molecular complexity index is 649. The van der Waals surface area contributed by atoms with Crippen LogP contribution in [0.15, 0.2) is 54.6 Å². The monoisotopic (exact) mass is 312 g/mol. The highest BCUT2D eigenvalue weighted by Crippen LogP contribution is 2.10. The van der Waals surface area contributed by atoms with Crippen molar-refractivity contribution in [2.24, 2.45) is 0 Å². The summed E-state index contributed by atoms with van der Waals surface area (Å²) >= 11 is 0. The molecule has 0 aliphatic heterocycles. The van der Waals surface area contributed by atoms with Crippen molar-refractivity contribution in [3.63, 3.8) is 0 Å². The molecule has 23 heavy (non-hydrogen) atoms. The smallest absolute Gasteiger partial charge is 0.338 e. The summed E-state index contributed by atoms with van der Waals surface area (Å²) in [4.78, 5) is 23.2. The van der Waals surface area contributed by atoms with Crippen LogP contribution in [0.2, 0.25) is 0 Å². The van der Waals surface area contributed by atoms with Gasteiger partial charge in [-0.3, -0.25) is 0 Å². The largest absolute Gasteiger partial charge is 0.465 e. The summed E-state index contributed by atoms with van der Waals surface area (Å²) in [6.07, 6.45) is 2.49. The Balaban J connectivity index is 1.71. The van der Waals surface area contributed by atoms with Crippen LogP contribution in [0.4, 0.5) is 0 Å². The molecule has 0 spiro atoms. The maximum Gasteiger partial charge on any atom is 0.338 e. The molecular weight excluding hydrogens is 292 g/mol. The molecule has 0 atom stereocenters. The average molecular weight is 312 g/mol. The Hall–Kier alpha value is -2.62. The second kappa shape index (κ2) is 8.73. The van der Waals surface area contributed by atoms with Gasteiger partial charge in [-0.25, -0.2) is 9.59 Å². The first-order valence-corrected chi connectivity index (χ1v) is 7.60. The third kappa shape index (κ3) is 5.25. The molecule has 4 nitrogen and oxygen atoms in total. The normalized spacial score (nSPS) is 10.1. The quantitative estimate of drug-likeness (QED) is 0.578. The first kappa shape index (κ1) is 16.7. The number of esters is 2. The van der Waals surface area contributed by atoms with Gasteiger partial charge in [0.1, 0.15) is 0 Å². The van der Waals surface area contributed by atoms with Crippen LogP contribution in [-0.4, -0.2) is 25.7 Å². The van der Waals surface area contributed by atoms with Crippen LogP contribution >= 0.6 is 0 Å². The summed E-state index contributed by atoms with van der Waals surface area (Å²) in [7, 11) is 1.37. The molecule has 2 aromatic carbocycles. The van der Waals surface area contributed by atoms with Gasteiger partial charge >= 0.3 is 11.9 Å². The number of ether oxygens (including phenoxy) is 2. The highest BCUT2D eigenvalue weighted by Gasteiger charge is 2.07. The fourth-order valence-corrected chi connectivity index (χ4v) is 2.23. The summed E-state index contributed by atoms with van der Waals surface area (Å²) in [6.45, 7) is 0.393. The molecule has 0 radical (unpaired) electrons. The lowest BCUT2D eigenvalue weighted by atomic mass is 10.1. The Kier molecular flexibility index (Phi) is 6.36. The number of carbonyl (C=O) groups excluding carboxylic acids is 2. The molecule has 0 heterocycles. The van der Waals surface area contributed by atoms with Crippen LogP contribution < -0.4 is 0 Å². The first-order valence-electron chi connectivity index (χ1n) is 7.60. The molecule has 4 heteroatoms. The van der Waals surface area contributed by atoms with Gasteiger partial charge in [0.15, 0.2) is 0 Å². The summed E-state index contributed by atoms with van der Waals surface area (Å²) in [5.74, 6) is -0.623. The average Bonchev–Trinajstić information content (AvgIpc) is 2.61. The Morgan fingerprint density at radius 1 is 0.870 bits per heavy atom. The van der Waals surface area contributed by atoms with E-state index in [1.54, 1.807) is 18.2 Å². The van der Waals surface area contributed by atoms with E-state index in [4.69, 9.17) is 9.47 Å². The van der Waals surface area contributed by atoms with Gasteiger partial charge in [-0.15, -0.1) is 0 Å². The zero-order chi connectivity index (χ0) is 16.5. The Morgan fingerprint density at radius 3 is 2.35 bits per heavy atom. The summed E-state index contributed by atoms with van der Waals surface area (Å²) in [6, 6.07) is 16.3. The number of unbranched alkanes of at least 4 members (excludes halogenated alkanes) is 1. The lowest BCUT2D eigenvalue weighted by molar-refractivity contribution is 0.0497. The maximum absolute atomic E-state index is 11.8. The lowest BCUT2D eigenvalue weighted by Crippen LogP contribution is -2.06. The van der Waals surface area contributed by atoms with Crippen molar-refractivity contribution in [2.75, 3.05) is 13.7 Å². The van der Waals surface area contributed by atoms with Gasteiger partial charge in [0.05, 0.1) is 24.8 Å². The Morgan fingerprint density at radius 2 is 1.61 bits per heavy atom. The minimum atomic E-state index is -0.330. The van der Waals surface area contributed by atoms with Crippen LogP contribution in [0.25, 0.3) is 0 Å². The highest BCUT2D eigenvalue weighted by atomic mass is 16.5. The fourth-order valence-electron chi connectivity index (χ4n) is 2.23. The van der Waals surface area contributed by atoms with Crippen molar-refractivity contribution in [1.82, 2.24) is 0 Å². The summed E-state index contributed by atoms with van der Waals surface area (Å²) in [5, 5.41) is 0. The van der Waals surface area contributed by atoms with Crippen LogP contribution in [-0.2, 0) is 15.9 Å². The van der Waals surface area contributed by atoms with E-state index in [9.17, 15) is 9.59 Å². The zero-order valence-electron chi connectivity index (χ0n) is 13.2. The molecular formula is C19H20O4. The molecule has 0 N–H and O–H groups in total. The molecule has 120 valence electrons. The van der Waals surface area contributed by atoms with Gasteiger partial charge in [-0.1, -0.05) is 30.3 Å². The van der Waals surface area contributed by atoms with Gasteiger partial charge in [0.2, 0.25) is 0 Å². The van der Waals surface area contributed by atoms with E-state index in [2.05, 4.69) is 0 Å². The lowest BCUT2D eigenvalue weighted by Gasteiger charge is -2.06. The van der Waals surface area contributed by atoms with Crippen molar-refractivity contribution >= 4 is 11.9 Å². The standard InChI is InChI=1S/C19H20O4/c1-22-18(20)17-12-7-9-15(14-17)8-5-6-13-23-19(21)16-10-3-2-4-11-16/h2-4,7,9-12,14H,5-6,8,13H2,1H3. The number of methoxy groups -OCH3 is 1. The van der Waals surface area contributed by atoms with E-state index >= 15 is 0 Å². The number of hydrogen-bond donors (Lipinski definition) is 0. The molecule has 0 fully saturated rings. The van der Waals surface area contributed by atoms with Crippen LogP contribution in [0.5, 0.6) is 0 Å². The first-order chi connectivity index (χ1) is 11.2. The van der Waals surface area contributed by atoms with E-state index in [-0.39, 0.29) is 11.9 Å². The number of rotatable bonds is 7. The fraction of sp³-hybridized carbons (Fsp3) is 0.263. The Labute approximate surface area is 136 Å². The SMILES string of the molecule is COC(=O)c1cccc(CCCCOC(=O)c2ccccc2)c1. The van der Waals surface area contributed by atoms with Crippen LogP contribution in [0.3, 0.4) is 0 Å². The molecule has 0 aromatic heterocycles. The van der Waals surface area contributed by atoms with E-state index < -0.39 is 0 Å². The molecule has 0 unspecified atom stereocenters. The van der Waals surface area contributed by atoms with Gasteiger partial charge < -0.3 is 9.47 Å². The molecule has 0 aliphatic rings. The zero-order valence-corrected chi connectivity index (χ0v) is 13.2. The van der Waals surface area contributed by atoms with Gasteiger partial charge in [-0.05, 0) is 49.1 Å². The van der Waals surface area contributed by atoms with E-state index in [0.717, 1.165) is 24.8 Å². The molecule has 0 saturated heterocycles. The molecule has 0 saturated carbocycles. The van der Waals surface area contributed by atoms with Gasteiger partial charge in [0.25, 0.3) is 0 Å². The van der Waals surface area contributed by atoms with E-state index in [1.807, 2.05) is 36.4 Å². The predicted molar refractivity (Wildman–Crippen MR) is 87.4 cm³/mol. The number of aryl methyl sites for hydroxylation is 1. The molecule has 0 amide bonds. The summed E-state index contributed by atoms with van der Waals surface area (Å²) < 4.78 is 9.94. The number of hydrogen-bond acceptors (Lipinski definition) is 4. The van der Waals surface area contributed by atoms with Gasteiger partial charge in [-0.2, -0.15) is 0 Å². The highest BCUT2D eigenvalue weighted by molar-refractivity contribution is 5.89. The second-order valence-corrected chi connectivity index (χ2v) is 5.15. The van der Waals surface area contributed by atoms with Crippen molar-refractivity contribution < 1.29 is 19.1 Å². The van der Waals surface area contributed by atoms with E-state index in [0.29, 0.717) is 17.7 Å². The van der Waals surface area contributed by atoms with Gasteiger partial charge in [0, 0.05) is 0 Å². The minimum Gasteiger partial charge on any atom is -0.465 e. The van der Waals surface area contributed by atoms with Crippen LogP contribution in [0.1, 0.15) is 39.1 Å². The minimum absolute atomic E-state index is 0.293. The van der Waals surface area contributed by atoms with Crippen molar-refractivity contribution in [3.05, 3.63) is 71.3 Å². The predicted octanol–water partition coefficient (Wildman–Crippen LogP) is 3.65. The van der Waals surface area contributed by atoms with Crippen molar-refractivity contribution in [2.45, 2.75) is 19.3 Å². The third-order valence-electron chi connectivity index (χ3n) is 3.45. The van der Waals surface area contributed by atoms with Crippen molar-refractivity contribution in [1.29, 1.82) is 0 Å².